The summed E-state index contributed by atoms with van der Waals surface area (Å²) >= 11 is 0. The van der Waals surface area contributed by atoms with Gasteiger partial charge in [-0.1, -0.05) is 13.8 Å². The van der Waals surface area contributed by atoms with Crippen molar-refractivity contribution in [3.8, 4) is 6.07 Å². The fourth-order valence-corrected chi connectivity index (χ4v) is 2.74. The van der Waals surface area contributed by atoms with Crippen LogP contribution in [0.1, 0.15) is 46.0 Å². The molecule has 0 radical (unpaired) electrons. The fraction of sp³-hybridized carbons (Fsp3) is 0.857. The van der Waals surface area contributed by atoms with Crippen molar-refractivity contribution in [3.05, 3.63) is 0 Å². The molecular formula is C14H22N2O2. The first-order chi connectivity index (χ1) is 8.66. The van der Waals surface area contributed by atoms with Crippen LogP contribution in [0.2, 0.25) is 0 Å². The van der Waals surface area contributed by atoms with Crippen molar-refractivity contribution in [1.82, 2.24) is 5.32 Å². The maximum Gasteiger partial charge on any atom is 0.240 e. The van der Waals surface area contributed by atoms with E-state index in [0.29, 0.717) is 18.8 Å². The summed E-state index contributed by atoms with van der Waals surface area (Å²) in [7, 11) is 0. The third-order valence-corrected chi connectivity index (χ3v) is 4.39. The predicted octanol–water partition coefficient (Wildman–Crippen LogP) is 2.00. The Kier molecular flexibility index (Phi) is 3.91. The lowest BCUT2D eigenvalue weighted by atomic mass is 9.82. The number of ether oxygens (including phenoxy) is 1. The van der Waals surface area contributed by atoms with Crippen LogP contribution < -0.4 is 5.32 Å². The molecule has 0 spiro atoms. The minimum atomic E-state index is -0.864. The maximum absolute atomic E-state index is 12.3. The first kappa shape index (κ1) is 13.4. The molecule has 1 saturated heterocycles. The van der Waals surface area contributed by atoms with Crippen molar-refractivity contribution in [2.45, 2.75) is 58.1 Å². The highest BCUT2D eigenvalue weighted by atomic mass is 16.5. The molecule has 4 heteroatoms. The predicted molar refractivity (Wildman–Crippen MR) is 67.6 cm³/mol. The highest BCUT2D eigenvalue weighted by Gasteiger charge is 2.43. The molecular weight excluding hydrogens is 228 g/mol. The molecule has 100 valence electrons. The van der Waals surface area contributed by atoms with Crippen molar-refractivity contribution in [3.63, 3.8) is 0 Å². The molecule has 1 amide bonds. The second-order valence-corrected chi connectivity index (χ2v) is 5.44. The molecule has 2 fully saturated rings. The summed E-state index contributed by atoms with van der Waals surface area (Å²) in [6, 6.07) is 2.30. The lowest BCUT2D eigenvalue weighted by Crippen LogP contribution is -2.48. The number of carbonyl (C=O) groups is 1. The number of nitrogens with one attached hydrogen (secondary N) is 1. The number of nitrogens with zero attached hydrogens (tertiary/aromatic N) is 1. The lowest BCUT2D eigenvalue weighted by Gasteiger charge is -2.26. The largest absolute Gasteiger partial charge is 0.376 e. The summed E-state index contributed by atoms with van der Waals surface area (Å²) in [5.41, 5.74) is -0.864. The molecule has 2 atom stereocenters. The van der Waals surface area contributed by atoms with Gasteiger partial charge in [0.25, 0.3) is 0 Å². The standard InChI is InChI=1S/C14H22N2O2/c1-3-14(4-2,9-15)13(17)16-11-7-8-18-12(11)10-5-6-10/h10-12H,3-8H2,1-2H3,(H,16,17). The maximum atomic E-state index is 12.3. The van der Waals surface area contributed by atoms with E-state index in [1.807, 2.05) is 13.8 Å². The molecule has 1 N–H and O–H groups in total. The van der Waals surface area contributed by atoms with Crippen LogP contribution in [0, 0.1) is 22.7 Å². The Morgan fingerprint density at radius 1 is 1.39 bits per heavy atom. The average molecular weight is 250 g/mol. The number of amides is 1. The van der Waals surface area contributed by atoms with Crippen molar-refractivity contribution in [1.29, 1.82) is 5.26 Å². The highest BCUT2D eigenvalue weighted by molar-refractivity contribution is 5.85. The Morgan fingerprint density at radius 3 is 2.56 bits per heavy atom. The third-order valence-electron chi connectivity index (χ3n) is 4.39. The number of carbonyl (C=O) groups excluding carboxylic acids is 1. The Hall–Kier alpha value is -1.08. The molecule has 1 aliphatic heterocycles. The molecule has 2 aliphatic rings. The van der Waals surface area contributed by atoms with Crippen LogP contribution in [-0.2, 0) is 9.53 Å². The second kappa shape index (κ2) is 5.27. The summed E-state index contributed by atoms with van der Waals surface area (Å²) in [4.78, 5) is 12.3. The molecule has 4 nitrogen and oxygen atoms in total. The molecule has 1 heterocycles. The molecule has 0 bridgehead atoms. The molecule has 2 unspecified atom stereocenters. The van der Waals surface area contributed by atoms with Crippen molar-refractivity contribution in [2.75, 3.05) is 6.61 Å². The van der Waals surface area contributed by atoms with Crippen molar-refractivity contribution < 1.29 is 9.53 Å². The first-order valence-electron chi connectivity index (χ1n) is 7.00. The van der Waals surface area contributed by atoms with E-state index in [1.54, 1.807) is 0 Å². The summed E-state index contributed by atoms with van der Waals surface area (Å²) in [5, 5.41) is 12.3. The summed E-state index contributed by atoms with van der Waals surface area (Å²) in [6.45, 7) is 4.52. The van der Waals surface area contributed by atoms with Gasteiger partial charge in [0, 0.05) is 6.61 Å². The Balaban J connectivity index is 1.99. The molecule has 2 rings (SSSR count). The number of hydrogen-bond acceptors (Lipinski definition) is 3. The smallest absolute Gasteiger partial charge is 0.240 e. The zero-order chi connectivity index (χ0) is 13.2. The summed E-state index contributed by atoms with van der Waals surface area (Å²) in [5.74, 6) is 0.508. The van der Waals surface area contributed by atoms with Crippen LogP contribution in [0.15, 0.2) is 0 Å². The van der Waals surface area contributed by atoms with Gasteiger partial charge in [-0.3, -0.25) is 4.79 Å². The number of rotatable bonds is 5. The minimum absolute atomic E-state index is 0.107. The van der Waals surface area contributed by atoms with Crippen LogP contribution in [0.3, 0.4) is 0 Å². The Bertz CT molecular complexity index is 353. The van der Waals surface area contributed by atoms with Crippen LogP contribution in [0.5, 0.6) is 0 Å². The molecule has 0 aromatic heterocycles. The van der Waals surface area contributed by atoms with E-state index in [2.05, 4.69) is 11.4 Å². The fourth-order valence-electron chi connectivity index (χ4n) is 2.74. The van der Waals surface area contributed by atoms with Gasteiger partial charge in [0.05, 0.1) is 18.2 Å². The van der Waals surface area contributed by atoms with E-state index in [-0.39, 0.29) is 18.1 Å². The van der Waals surface area contributed by atoms with Gasteiger partial charge in [-0.15, -0.1) is 0 Å². The van der Waals surface area contributed by atoms with Crippen LogP contribution >= 0.6 is 0 Å². The molecule has 1 saturated carbocycles. The topological polar surface area (TPSA) is 62.1 Å². The van der Waals surface area contributed by atoms with Crippen LogP contribution in [0.25, 0.3) is 0 Å². The monoisotopic (exact) mass is 250 g/mol. The van der Waals surface area contributed by atoms with Gasteiger partial charge in [-0.05, 0) is 38.0 Å². The van der Waals surface area contributed by atoms with Gasteiger partial charge in [0.15, 0.2) is 0 Å². The lowest BCUT2D eigenvalue weighted by molar-refractivity contribution is -0.129. The van der Waals surface area contributed by atoms with Gasteiger partial charge in [0.1, 0.15) is 5.41 Å². The summed E-state index contributed by atoms with van der Waals surface area (Å²) in [6.07, 6.45) is 4.60. The van der Waals surface area contributed by atoms with E-state index >= 15 is 0 Å². The highest BCUT2D eigenvalue weighted by Crippen LogP contribution is 2.39. The van der Waals surface area contributed by atoms with Crippen LogP contribution in [-0.4, -0.2) is 24.7 Å². The second-order valence-electron chi connectivity index (χ2n) is 5.44. The zero-order valence-corrected chi connectivity index (χ0v) is 11.2. The van der Waals surface area contributed by atoms with E-state index in [0.717, 1.165) is 13.0 Å². The minimum Gasteiger partial charge on any atom is -0.376 e. The average Bonchev–Trinajstić information content (AvgIpc) is 3.13. The Labute approximate surface area is 109 Å². The van der Waals surface area contributed by atoms with Gasteiger partial charge in [-0.2, -0.15) is 5.26 Å². The van der Waals surface area contributed by atoms with Gasteiger partial charge >= 0.3 is 0 Å². The SMILES string of the molecule is CCC(C#N)(CC)C(=O)NC1CCOC1C1CC1. The number of nitriles is 1. The summed E-state index contributed by atoms with van der Waals surface area (Å²) < 4.78 is 5.71. The van der Waals surface area contributed by atoms with E-state index in [1.165, 1.54) is 12.8 Å². The molecule has 1 aliphatic carbocycles. The first-order valence-corrected chi connectivity index (χ1v) is 7.00. The van der Waals surface area contributed by atoms with E-state index < -0.39 is 5.41 Å². The zero-order valence-electron chi connectivity index (χ0n) is 11.2. The van der Waals surface area contributed by atoms with Gasteiger partial charge < -0.3 is 10.1 Å². The third kappa shape index (κ3) is 2.37. The quantitative estimate of drug-likeness (QED) is 0.811. The van der Waals surface area contributed by atoms with E-state index in [4.69, 9.17) is 4.74 Å². The van der Waals surface area contributed by atoms with Gasteiger partial charge in [-0.25, -0.2) is 0 Å². The normalized spacial score (nSPS) is 27.8. The van der Waals surface area contributed by atoms with Gasteiger partial charge in [0.2, 0.25) is 5.91 Å². The molecule has 0 aromatic rings. The van der Waals surface area contributed by atoms with Crippen LogP contribution in [0.4, 0.5) is 0 Å². The molecule has 0 aromatic carbocycles. The Morgan fingerprint density at radius 2 is 2.06 bits per heavy atom. The van der Waals surface area contributed by atoms with Crippen molar-refractivity contribution in [2.24, 2.45) is 11.3 Å². The number of hydrogen-bond donors (Lipinski definition) is 1. The molecule has 18 heavy (non-hydrogen) atoms. The van der Waals surface area contributed by atoms with Crippen molar-refractivity contribution >= 4 is 5.91 Å². The van der Waals surface area contributed by atoms with E-state index in [9.17, 15) is 10.1 Å².